The normalized spacial score (nSPS) is 11.8. The van der Waals surface area contributed by atoms with Crippen molar-refractivity contribution < 1.29 is 17.6 Å². The van der Waals surface area contributed by atoms with E-state index in [1.807, 2.05) is 101 Å². The number of fused-ring (bicyclic) bond motifs is 9. The largest absolute Gasteiger partial charge is 0.456 e. The van der Waals surface area contributed by atoms with Gasteiger partial charge in [0.2, 0.25) is 0 Å². The van der Waals surface area contributed by atoms with Gasteiger partial charge in [-0.1, -0.05) is 72.8 Å². The van der Waals surface area contributed by atoms with E-state index in [9.17, 15) is 0 Å². The lowest BCUT2D eigenvalue weighted by molar-refractivity contribution is 0.628. The van der Waals surface area contributed by atoms with Gasteiger partial charge in [-0.15, -0.1) is 0 Å². The maximum atomic E-state index is 15.3. The first-order chi connectivity index (χ1) is 27.6. The van der Waals surface area contributed by atoms with Crippen LogP contribution in [0.15, 0.2) is 191 Å². The Kier molecular flexibility index (Phi) is 7.19. The molecule has 0 aliphatic carbocycles. The minimum absolute atomic E-state index is 0.300. The summed E-state index contributed by atoms with van der Waals surface area (Å²) >= 11 is 0. The van der Waals surface area contributed by atoms with E-state index in [-0.39, 0.29) is 11.6 Å². The molecule has 0 aliphatic rings. The zero-order valence-corrected chi connectivity index (χ0v) is 29.8. The molecule has 0 spiro atoms. The Morgan fingerprint density at radius 1 is 0.339 bits per heavy atom. The van der Waals surface area contributed by atoms with E-state index in [0.717, 1.165) is 88.2 Å². The summed E-state index contributed by atoms with van der Waals surface area (Å²) in [6.45, 7) is 0. The molecule has 2 aromatic heterocycles. The summed E-state index contributed by atoms with van der Waals surface area (Å²) in [4.78, 5) is 3.87. The molecule has 0 aliphatic heterocycles. The highest BCUT2D eigenvalue weighted by Crippen LogP contribution is 2.44. The van der Waals surface area contributed by atoms with E-state index >= 15 is 8.78 Å². The van der Waals surface area contributed by atoms with Gasteiger partial charge in [-0.3, -0.25) is 0 Å². The quantitative estimate of drug-likeness (QED) is 0.171. The molecule has 0 saturated carbocycles. The van der Waals surface area contributed by atoms with Crippen molar-refractivity contribution in [2.45, 2.75) is 0 Å². The van der Waals surface area contributed by atoms with Crippen molar-refractivity contribution in [3.8, 4) is 0 Å². The summed E-state index contributed by atoms with van der Waals surface area (Å²) in [5.74, 6) is -0.602. The predicted molar refractivity (Wildman–Crippen MR) is 225 cm³/mol. The SMILES string of the molecule is Fc1ccccc1N(c1ccccc1)c1ccc2cc3c(cc2c1)oc1c3ccc2oc3cc4cc(N(c5ccccc5)c5ccccc5F)ccc4cc3c21. The van der Waals surface area contributed by atoms with E-state index in [2.05, 4.69) is 54.6 Å². The van der Waals surface area contributed by atoms with Gasteiger partial charge in [0.15, 0.2) is 0 Å². The lowest BCUT2D eigenvalue weighted by Crippen LogP contribution is -2.11. The van der Waals surface area contributed by atoms with Crippen molar-refractivity contribution in [3.63, 3.8) is 0 Å². The van der Waals surface area contributed by atoms with Crippen LogP contribution in [0.2, 0.25) is 0 Å². The maximum Gasteiger partial charge on any atom is 0.147 e. The minimum Gasteiger partial charge on any atom is -0.456 e. The Bertz CT molecular complexity index is 3300. The highest BCUT2D eigenvalue weighted by atomic mass is 19.1. The molecule has 11 aromatic rings. The third kappa shape index (κ3) is 5.11. The van der Waals surface area contributed by atoms with Crippen LogP contribution >= 0.6 is 0 Å². The molecule has 6 heteroatoms. The van der Waals surface area contributed by atoms with Crippen molar-refractivity contribution in [2.75, 3.05) is 9.80 Å². The molecule has 0 N–H and O–H groups in total. The summed E-state index contributed by atoms with van der Waals surface area (Å²) in [6.07, 6.45) is 0. The first-order valence-electron chi connectivity index (χ1n) is 18.5. The Labute approximate surface area is 319 Å². The summed E-state index contributed by atoms with van der Waals surface area (Å²) in [5, 5.41) is 7.88. The molecule has 0 atom stereocenters. The van der Waals surface area contributed by atoms with Crippen LogP contribution in [-0.2, 0) is 0 Å². The lowest BCUT2D eigenvalue weighted by Gasteiger charge is -2.26. The van der Waals surface area contributed by atoms with Gasteiger partial charge in [0, 0.05) is 38.9 Å². The lowest BCUT2D eigenvalue weighted by atomic mass is 10.0. The highest BCUT2D eigenvalue weighted by molar-refractivity contribution is 6.24. The van der Waals surface area contributed by atoms with Crippen molar-refractivity contribution in [1.29, 1.82) is 0 Å². The predicted octanol–water partition coefficient (Wildman–Crippen LogP) is 15.0. The van der Waals surface area contributed by atoms with Gasteiger partial charge in [0.05, 0.1) is 16.8 Å². The van der Waals surface area contributed by atoms with Crippen LogP contribution in [0.4, 0.5) is 42.9 Å². The monoisotopic (exact) mass is 728 g/mol. The Morgan fingerprint density at radius 3 is 1.39 bits per heavy atom. The molecular weight excluding hydrogens is 699 g/mol. The van der Waals surface area contributed by atoms with Gasteiger partial charge in [0.1, 0.15) is 34.0 Å². The van der Waals surface area contributed by atoms with Crippen molar-refractivity contribution >= 4 is 99.5 Å². The molecule has 0 saturated heterocycles. The van der Waals surface area contributed by atoms with Gasteiger partial charge in [-0.05, 0) is 131 Å². The average Bonchev–Trinajstić information content (AvgIpc) is 3.78. The maximum absolute atomic E-state index is 15.3. The van der Waals surface area contributed by atoms with Crippen LogP contribution in [-0.4, -0.2) is 0 Å². The summed E-state index contributed by atoms with van der Waals surface area (Å²) in [5.41, 5.74) is 7.31. The molecule has 0 bridgehead atoms. The number of anilines is 6. The van der Waals surface area contributed by atoms with Gasteiger partial charge >= 0.3 is 0 Å². The van der Waals surface area contributed by atoms with E-state index < -0.39 is 0 Å². The molecule has 0 radical (unpaired) electrons. The average molecular weight is 729 g/mol. The van der Waals surface area contributed by atoms with Crippen LogP contribution in [0.3, 0.4) is 0 Å². The fourth-order valence-electron chi connectivity index (χ4n) is 8.11. The molecular formula is C50H30F2N2O2. The van der Waals surface area contributed by atoms with E-state index in [4.69, 9.17) is 8.83 Å². The zero-order valence-electron chi connectivity index (χ0n) is 29.8. The van der Waals surface area contributed by atoms with Crippen molar-refractivity contribution in [1.82, 2.24) is 0 Å². The minimum atomic E-state index is -0.302. The van der Waals surface area contributed by atoms with Crippen LogP contribution in [0.5, 0.6) is 0 Å². The number of hydrogen-bond acceptors (Lipinski definition) is 4. The zero-order chi connectivity index (χ0) is 37.3. The molecule has 0 fully saturated rings. The molecule has 0 unspecified atom stereocenters. The molecule has 2 heterocycles. The third-order valence-electron chi connectivity index (χ3n) is 10.7. The molecule has 9 aromatic carbocycles. The molecule has 4 nitrogen and oxygen atoms in total. The Morgan fingerprint density at radius 2 is 0.839 bits per heavy atom. The third-order valence-corrected chi connectivity index (χ3v) is 10.7. The highest BCUT2D eigenvalue weighted by Gasteiger charge is 2.21. The molecule has 56 heavy (non-hydrogen) atoms. The first kappa shape index (κ1) is 32.0. The van der Waals surface area contributed by atoms with Crippen LogP contribution < -0.4 is 9.80 Å². The van der Waals surface area contributed by atoms with Crippen molar-refractivity contribution in [2.24, 2.45) is 0 Å². The second-order valence-electron chi connectivity index (χ2n) is 14.0. The molecule has 266 valence electrons. The summed E-state index contributed by atoms with van der Waals surface area (Å²) in [6, 6.07) is 58.2. The number of nitrogens with zero attached hydrogens (tertiary/aromatic N) is 2. The number of furan rings is 2. The Balaban J connectivity index is 1.05. The fraction of sp³-hybridized carbons (Fsp3) is 0. The fourth-order valence-corrected chi connectivity index (χ4v) is 8.11. The topological polar surface area (TPSA) is 32.8 Å². The second kappa shape index (κ2) is 12.6. The second-order valence-corrected chi connectivity index (χ2v) is 14.0. The van der Waals surface area contributed by atoms with E-state index in [0.29, 0.717) is 11.4 Å². The van der Waals surface area contributed by atoms with Gasteiger partial charge in [-0.25, -0.2) is 8.78 Å². The van der Waals surface area contributed by atoms with Crippen LogP contribution in [0, 0.1) is 11.6 Å². The summed E-state index contributed by atoms with van der Waals surface area (Å²) in [7, 11) is 0. The number of para-hydroxylation sites is 4. The summed E-state index contributed by atoms with van der Waals surface area (Å²) < 4.78 is 43.7. The van der Waals surface area contributed by atoms with Gasteiger partial charge < -0.3 is 18.6 Å². The molecule has 11 rings (SSSR count). The van der Waals surface area contributed by atoms with Gasteiger partial charge in [0.25, 0.3) is 0 Å². The van der Waals surface area contributed by atoms with Crippen LogP contribution in [0.1, 0.15) is 0 Å². The van der Waals surface area contributed by atoms with E-state index in [1.165, 1.54) is 12.1 Å². The number of benzene rings is 9. The number of halogens is 2. The van der Waals surface area contributed by atoms with Gasteiger partial charge in [-0.2, -0.15) is 0 Å². The number of rotatable bonds is 6. The smallest absolute Gasteiger partial charge is 0.147 e. The first-order valence-corrected chi connectivity index (χ1v) is 18.5. The van der Waals surface area contributed by atoms with Crippen molar-refractivity contribution in [3.05, 3.63) is 194 Å². The van der Waals surface area contributed by atoms with E-state index in [1.54, 1.807) is 24.3 Å². The molecule has 0 amide bonds. The Hall–Kier alpha value is -7.44. The standard InChI is InChI=1S/C50H30F2N2O2/c51-42-15-7-9-17-44(42)53(35-11-3-1-4-12-35)37-21-19-31-27-40-39-23-24-46-49(50(39)56-47(40)29-33(31)25-37)41-28-32-20-22-38(26-34(32)30-48(41)55-46)54(36-13-5-2-6-14-36)45-18-10-8-16-43(45)52/h1-30H. The number of hydrogen-bond donors (Lipinski definition) is 0. The van der Waals surface area contributed by atoms with Crippen LogP contribution in [0.25, 0.3) is 65.4 Å².